The highest BCUT2D eigenvalue weighted by atomic mass is 16.4. The number of nitrogens with zero attached hydrogens (tertiary/aromatic N) is 2. The van der Waals surface area contributed by atoms with Crippen LogP contribution in [0.15, 0.2) is 60.7 Å². The molecule has 0 bridgehead atoms. The molecule has 0 aliphatic carbocycles. The van der Waals surface area contributed by atoms with E-state index in [0.717, 1.165) is 49.1 Å². The quantitative estimate of drug-likeness (QED) is 0.618. The number of anilines is 1. The molecule has 0 saturated carbocycles. The SMILES string of the molecule is CN1CCN(c2cccc(C(=O)/C=C/c3ccc(/C=C/C(=O)O)cc3)c2)CC1. The third kappa shape index (κ3) is 5.41. The van der Waals surface area contributed by atoms with E-state index in [4.69, 9.17) is 5.11 Å². The number of carbonyl (C=O) groups excluding carboxylic acids is 1. The van der Waals surface area contributed by atoms with Crippen molar-refractivity contribution in [3.63, 3.8) is 0 Å². The Morgan fingerprint density at radius 2 is 1.50 bits per heavy atom. The highest BCUT2D eigenvalue weighted by Crippen LogP contribution is 2.19. The van der Waals surface area contributed by atoms with Gasteiger partial charge in [-0.25, -0.2) is 4.79 Å². The van der Waals surface area contributed by atoms with Crippen molar-refractivity contribution in [2.75, 3.05) is 38.1 Å². The standard InChI is InChI=1S/C23H24N2O3/c1-24-13-15-25(16-14-24)21-4-2-3-20(17-21)22(26)11-9-18-5-7-19(8-6-18)10-12-23(27)28/h2-12,17H,13-16H2,1H3,(H,27,28)/b11-9+,12-10+. The minimum atomic E-state index is -0.978. The van der Waals surface area contributed by atoms with Crippen LogP contribution in [-0.4, -0.2) is 55.0 Å². The van der Waals surface area contributed by atoms with Gasteiger partial charge in [0.1, 0.15) is 0 Å². The van der Waals surface area contributed by atoms with Crippen LogP contribution in [0.4, 0.5) is 5.69 Å². The fourth-order valence-electron chi connectivity index (χ4n) is 3.07. The number of ketones is 1. The molecule has 0 spiro atoms. The van der Waals surface area contributed by atoms with Crippen molar-refractivity contribution < 1.29 is 14.7 Å². The fraction of sp³-hybridized carbons (Fsp3) is 0.217. The number of likely N-dealkylation sites (N-methyl/N-ethyl adjacent to an activating group) is 1. The average molecular weight is 376 g/mol. The molecular formula is C23H24N2O3. The summed E-state index contributed by atoms with van der Waals surface area (Å²) in [7, 11) is 2.12. The van der Waals surface area contributed by atoms with Crippen molar-refractivity contribution in [2.45, 2.75) is 0 Å². The third-order valence-corrected chi connectivity index (χ3v) is 4.78. The molecule has 1 aliphatic rings. The number of carboxylic acid groups (broad SMARTS) is 1. The number of rotatable bonds is 6. The lowest BCUT2D eigenvalue weighted by molar-refractivity contribution is -0.131. The molecule has 1 N–H and O–H groups in total. The van der Waals surface area contributed by atoms with E-state index in [0.29, 0.717) is 5.56 Å². The number of carbonyl (C=O) groups is 2. The van der Waals surface area contributed by atoms with Crippen molar-refractivity contribution in [3.05, 3.63) is 77.4 Å². The first kappa shape index (κ1) is 19.6. The largest absolute Gasteiger partial charge is 0.478 e. The molecule has 2 aromatic rings. The maximum absolute atomic E-state index is 12.6. The van der Waals surface area contributed by atoms with Crippen LogP contribution < -0.4 is 4.90 Å². The van der Waals surface area contributed by atoms with E-state index < -0.39 is 5.97 Å². The molecule has 0 aromatic heterocycles. The molecule has 0 amide bonds. The molecule has 2 aromatic carbocycles. The van der Waals surface area contributed by atoms with Crippen LogP contribution in [0.3, 0.4) is 0 Å². The Kier molecular flexibility index (Phi) is 6.40. The highest BCUT2D eigenvalue weighted by molar-refractivity contribution is 6.07. The maximum Gasteiger partial charge on any atom is 0.328 e. The van der Waals surface area contributed by atoms with Gasteiger partial charge >= 0.3 is 5.97 Å². The van der Waals surface area contributed by atoms with Crippen LogP contribution in [0.1, 0.15) is 21.5 Å². The van der Waals surface area contributed by atoms with Gasteiger partial charge in [0.25, 0.3) is 0 Å². The van der Waals surface area contributed by atoms with Crippen molar-refractivity contribution in [3.8, 4) is 0 Å². The zero-order valence-corrected chi connectivity index (χ0v) is 15.9. The Hall–Kier alpha value is -3.18. The lowest BCUT2D eigenvalue weighted by atomic mass is 10.1. The number of hydrogen-bond acceptors (Lipinski definition) is 4. The second-order valence-corrected chi connectivity index (χ2v) is 6.88. The summed E-state index contributed by atoms with van der Waals surface area (Å²) in [5, 5.41) is 8.66. The molecule has 0 atom stereocenters. The number of piperazine rings is 1. The summed E-state index contributed by atoms with van der Waals surface area (Å²) < 4.78 is 0. The molecular weight excluding hydrogens is 352 g/mol. The maximum atomic E-state index is 12.6. The Morgan fingerprint density at radius 1 is 0.893 bits per heavy atom. The number of carboxylic acids is 1. The van der Waals surface area contributed by atoms with Gasteiger partial charge in [0, 0.05) is 43.5 Å². The van der Waals surface area contributed by atoms with Crippen LogP contribution in [0, 0.1) is 0 Å². The number of hydrogen-bond donors (Lipinski definition) is 1. The second-order valence-electron chi connectivity index (χ2n) is 6.88. The minimum absolute atomic E-state index is 0.0363. The summed E-state index contributed by atoms with van der Waals surface area (Å²) in [5.41, 5.74) is 3.44. The van der Waals surface area contributed by atoms with E-state index >= 15 is 0 Å². The van der Waals surface area contributed by atoms with Gasteiger partial charge in [-0.3, -0.25) is 4.79 Å². The third-order valence-electron chi connectivity index (χ3n) is 4.78. The van der Waals surface area contributed by atoms with Crippen molar-refractivity contribution >= 4 is 29.6 Å². The molecule has 1 aliphatic heterocycles. The topological polar surface area (TPSA) is 60.9 Å². The smallest absolute Gasteiger partial charge is 0.328 e. The number of benzene rings is 2. The van der Waals surface area contributed by atoms with Crippen LogP contribution in [-0.2, 0) is 4.79 Å². The molecule has 1 saturated heterocycles. The van der Waals surface area contributed by atoms with Gasteiger partial charge in [0.15, 0.2) is 5.78 Å². The van der Waals surface area contributed by atoms with Gasteiger partial charge < -0.3 is 14.9 Å². The first-order valence-electron chi connectivity index (χ1n) is 9.28. The van der Waals surface area contributed by atoms with Crippen LogP contribution >= 0.6 is 0 Å². The van der Waals surface area contributed by atoms with Crippen molar-refractivity contribution in [2.24, 2.45) is 0 Å². The van der Waals surface area contributed by atoms with Crippen molar-refractivity contribution in [1.82, 2.24) is 4.90 Å². The Morgan fingerprint density at radius 3 is 2.11 bits per heavy atom. The first-order valence-corrected chi connectivity index (χ1v) is 9.28. The molecule has 0 radical (unpaired) electrons. The van der Waals surface area contributed by atoms with Gasteiger partial charge in [-0.15, -0.1) is 0 Å². The normalized spacial score (nSPS) is 15.4. The Balaban J connectivity index is 1.66. The van der Waals surface area contributed by atoms with Gasteiger partial charge in [-0.2, -0.15) is 0 Å². The predicted octanol–water partition coefficient (Wildman–Crippen LogP) is 3.43. The molecule has 0 unspecified atom stereocenters. The van der Waals surface area contributed by atoms with E-state index in [1.807, 2.05) is 42.5 Å². The zero-order valence-electron chi connectivity index (χ0n) is 15.9. The summed E-state index contributed by atoms with van der Waals surface area (Å²) in [6.07, 6.45) is 5.98. The van der Waals surface area contributed by atoms with E-state index in [1.54, 1.807) is 12.2 Å². The number of allylic oxidation sites excluding steroid dienone is 1. The molecule has 1 fully saturated rings. The van der Waals surface area contributed by atoms with Crippen LogP contribution in [0.2, 0.25) is 0 Å². The number of aliphatic carboxylic acids is 1. The van der Waals surface area contributed by atoms with E-state index in [9.17, 15) is 9.59 Å². The minimum Gasteiger partial charge on any atom is -0.478 e. The second kappa shape index (κ2) is 9.15. The van der Waals surface area contributed by atoms with Gasteiger partial charge in [-0.05, 0) is 42.5 Å². The average Bonchev–Trinajstić information content (AvgIpc) is 2.72. The van der Waals surface area contributed by atoms with Crippen LogP contribution in [0.5, 0.6) is 0 Å². The van der Waals surface area contributed by atoms with Gasteiger partial charge in [0.2, 0.25) is 0 Å². The first-order chi connectivity index (χ1) is 13.5. The zero-order chi connectivity index (χ0) is 19.9. The summed E-state index contributed by atoms with van der Waals surface area (Å²) in [5.74, 6) is -1.01. The Labute approximate surface area is 165 Å². The van der Waals surface area contributed by atoms with Gasteiger partial charge in [-0.1, -0.05) is 42.5 Å². The molecule has 1 heterocycles. The summed E-state index contributed by atoms with van der Waals surface area (Å²) in [6.45, 7) is 3.98. The lowest BCUT2D eigenvalue weighted by Gasteiger charge is -2.34. The summed E-state index contributed by atoms with van der Waals surface area (Å²) in [6, 6.07) is 15.1. The Bertz CT molecular complexity index is 892. The fourth-order valence-corrected chi connectivity index (χ4v) is 3.07. The van der Waals surface area contributed by atoms with Gasteiger partial charge in [0.05, 0.1) is 0 Å². The molecule has 5 nitrogen and oxygen atoms in total. The van der Waals surface area contributed by atoms with E-state index in [-0.39, 0.29) is 5.78 Å². The molecule has 28 heavy (non-hydrogen) atoms. The monoisotopic (exact) mass is 376 g/mol. The predicted molar refractivity (Wildman–Crippen MR) is 113 cm³/mol. The summed E-state index contributed by atoms with van der Waals surface area (Å²) >= 11 is 0. The molecule has 3 rings (SSSR count). The van der Waals surface area contributed by atoms with Crippen LogP contribution in [0.25, 0.3) is 12.2 Å². The van der Waals surface area contributed by atoms with E-state index in [2.05, 4.69) is 22.9 Å². The van der Waals surface area contributed by atoms with Crippen molar-refractivity contribution in [1.29, 1.82) is 0 Å². The molecule has 144 valence electrons. The highest BCUT2D eigenvalue weighted by Gasteiger charge is 2.15. The lowest BCUT2D eigenvalue weighted by Crippen LogP contribution is -2.44. The van der Waals surface area contributed by atoms with E-state index in [1.165, 1.54) is 6.08 Å². The summed E-state index contributed by atoms with van der Waals surface area (Å²) in [4.78, 5) is 27.7. The molecule has 5 heteroatoms.